The van der Waals surface area contributed by atoms with Gasteiger partial charge in [0.25, 0.3) is 0 Å². The molecule has 0 radical (unpaired) electrons. The predicted molar refractivity (Wildman–Crippen MR) is 68.6 cm³/mol. The molecule has 0 heterocycles. The number of rotatable bonds is 4. The molecule has 3 nitrogen and oxygen atoms in total. The standard InChI is InChI=1S/C13H21FN2O/c1-9(15)10-5-6-12(11(14)7-10)16(4)8-13(2,3)17/h5-7,9,17H,8,15H2,1-4H3. The number of likely N-dealkylation sites (N-methyl/N-ethyl adjacent to an activating group) is 1. The quantitative estimate of drug-likeness (QED) is 0.847. The maximum absolute atomic E-state index is 13.9. The van der Waals surface area contributed by atoms with Gasteiger partial charge in [0, 0.05) is 19.6 Å². The molecule has 3 N–H and O–H groups in total. The summed E-state index contributed by atoms with van der Waals surface area (Å²) in [5.74, 6) is -0.313. The second-order valence-electron chi connectivity index (χ2n) is 5.17. The predicted octanol–water partition coefficient (Wildman–Crippen LogP) is 2.05. The van der Waals surface area contributed by atoms with Crippen molar-refractivity contribution in [2.24, 2.45) is 5.73 Å². The first-order valence-electron chi connectivity index (χ1n) is 5.69. The SMILES string of the molecule is CC(N)c1ccc(N(C)CC(C)(C)O)c(F)c1. The molecule has 0 aromatic heterocycles. The van der Waals surface area contributed by atoms with Gasteiger partial charge in [-0.3, -0.25) is 0 Å². The lowest BCUT2D eigenvalue weighted by molar-refractivity contribution is 0.0885. The maximum atomic E-state index is 13.9. The van der Waals surface area contributed by atoms with Crippen LogP contribution in [-0.4, -0.2) is 24.3 Å². The summed E-state index contributed by atoms with van der Waals surface area (Å²) < 4.78 is 13.9. The molecule has 1 atom stereocenters. The third-order valence-corrected chi connectivity index (χ3v) is 2.53. The zero-order valence-electron chi connectivity index (χ0n) is 10.9. The highest BCUT2D eigenvalue weighted by molar-refractivity contribution is 5.49. The van der Waals surface area contributed by atoms with Gasteiger partial charge >= 0.3 is 0 Å². The van der Waals surface area contributed by atoms with Gasteiger partial charge in [0.15, 0.2) is 0 Å². The van der Waals surface area contributed by atoms with E-state index in [0.29, 0.717) is 12.2 Å². The molecule has 17 heavy (non-hydrogen) atoms. The second-order valence-corrected chi connectivity index (χ2v) is 5.17. The van der Waals surface area contributed by atoms with Gasteiger partial charge < -0.3 is 15.7 Å². The Bertz CT molecular complexity index is 385. The molecule has 1 rings (SSSR count). The molecule has 0 aliphatic rings. The third kappa shape index (κ3) is 3.98. The van der Waals surface area contributed by atoms with E-state index < -0.39 is 5.60 Å². The summed E-state index contributed by atoms with van der Waals surface area (Å²) >= 11 is 0. The van der Waals surface area contributed by atoms with E-state index in [-0.39, 0.29) is 11.9 Å². The van der Waals surface area contributed by atoms with E-state index in [2.05, 4.69) is 0 Å². The minimum Gasteiger partial charge on any atom is -0.389 e. The number of hydrogen-bond donors (Lipinski definition) is 2. The van der Waals surface area contributed by atoms with Crippen LogP contribution >= 0.6 is 0 Å². The lowest BCUT2D eigenvalue weighted by Gasteiger charge is -2.27. The normalized spacial score (nSPS) is 13.6. The highest BCUT2D eigenvalue weighted by Crippen LogP contribution is 2.23. The fourth-order valence-electron chi connectivity index (χ4n) is 1.78. The van der Waals surface area contributed by atoms with Crippen LogP contribution in [0.3, 0.4) is 0 Å². The smallest absolute Gasteiger partial charge is 0.146 e. The monoisotopic (exact) mass is 240 g/mol. The van der Waals surface area contributed by atoms with E-state index in [4.69, 9.17) is 5.73 Å². The Hall–Kier alpha value is -1.13. The summed E-state index contributed by atoms with van der Waals surface area (Å²) in [6.45, 7) is 5.56. The Balaban J connectivity index is 2.92. The minimum atomic E-state index is -0.860. The summed E-state index contributed by atoms with van der Waals surface area (Å²) in [7, 11) is 1.75. The van der Waals surface area contributed by atoms with Crippen LogP contribution in [0.2, 0.25) is 0 Å². The van der Waals surface area contributed by atoms with Crippen LogP contribution in [0.4, 0.5) is 10.1 Å². The highest BCUT2D eigenvalue weighted by atomic mass is 19.1. The van der Waals surface area contributed by atoms with Gasteiger partial charge in [-0.15, -0.1) is 0 Å². The highest BCUT2D eigenvalue weighted by Gasteiger charge is 2.18. The van der Waals surface area contributed by atoms with Crippen molar-refractivity contribution < 1.29 is 9.50 Å². The van der Waals surface area contributed by atoms with Crippen LogP contribution in [0.25, 0.3) is 0 Å². The molecule has 0 aliphatic heterocycles. The topological polar surface area (TPSA) is 49.5 Å². The zero-order valence-corrected chi connectivity index (χ0v) is 10.9. The number of hydrogen-bond acceptors (Lipinski definition) is 3. The van der Waals surface area contributed by atoms with Crippen LogP contribution in [0.15, 0.2) is 18.2 Å². The van der Waals surface area contributed by atoms with Crippen molar-refractivity contribution in [1.29, 1.82) is 0 Å². The van der Waals surface area contributed by atoms with Gasteiger partial charge in [0.05, 0.1) is 11.3 Å². The van der Waals surface area contributed by atoms with Crippen molar-refractivity contribution in [1.82, 2.24) is 0 Å². The van der Waals surface area contributed by atoms with Crippen molar-refractivity contribution in [3.63, 3.8) is 0 Å². The molecule has 0 aliphatic carbocycles. The first kappa shape index (κ1) is 13.9. The summed E-state index contributed by atoms with van der Waals surface area (Å²) in [4.78, 5) is 1.69. The lowest BCUT2D eigenvalue weighted by atomic mass is 10.1. The molecule has 4 heteroatoms. The van der Waals surface area contributed by atoms with Gasteiger partial charge in [-0.05, 0) is 38.5 Å². The van der Waals surface area contributed by atoms with E-state index in [0.717, 1.165) is 5.56 Å². The van der Waals surface area contributed by atoms with E-state index in [9.17, 15) is 9.50 Å². The van der Waals surface area contributed by atoms with Gasteiger partial charge in [0.1, 0.15) is 5.82 Å². The Labute approximate surface area is 102 Å². The van der Waals surface area contributed by atoms with Gasteiger partial charge in [-0.25, -0.2) is 4.39 Å². The molecule has 96 valence electrons. The fourth-order valence-corrected chi connectivity index (χ4v) is 1.78. The van der Waals surface area contributed by atoms with E-state index >= 15 is 0 Å². The van der Waals surface area contributed by atoms with Crippen LogP contribution < -0.4 is 10.6 Å². The number of aliphatic hydroxyl groups is 1. The number of anilines is 1. The number of nitrogens with zero attached hydrogens (tertiary/aromatic N) is 1. The van der Waals surface area contributed by atoms with E-state index in [1.807, 2.05) is 13.0 Å². The van der Waals surface area contributed by atoms with Gasteiger partial charge in [0.2, 0.25) is 0 Å². The molecule has 0 spiro atoms. The summed E-state index contributed by atoms with van der Waals surface area (Å²) in [6.07, 6.45) is 0. The Morgan fingerprint density at radius 1 is 1.47 bits per heavy atom. The molecule has 0 bridgehead atoms. The summed E-state index contributed by atoms with van der Waals surface area (Å²) in [6, 6.07) is 4.77. The van der Waals surface area contributed by atoms with Crippen molar-refractivity contribution in [2.75, 3.05) is 18.5 Å². The van der Waals surface area contributed by atoms with Crippen molar-refractivity contribution in [3.05, 3.63) is 29.6 Å². The number of halogens is 1. The second kappa shape index (κ2) is 5.02. The van der Waals surface area contributed by atoms with E-state index in [1.165, 1.54) is 6.07 Å². The van der Waals surface area contributed by atoms with Crippen LogP contribution in [-0.2, 0) is 0 Å². The fraction of sp³-hybridized carbons (Fsp3) is 0.538. The maximum Gasteiger partial charge on any atom is 0.146 e. The van der Waals surface area contributed by atoms with Crippen LogP contribution in [0.1, 0.15) is 32.4 Å². The lowest BCUT2D eigenvalue weighted by Crippen LogP contribution is -2.36. The average Bonchev–Trinajstić information content (AvgIpc) is 2.14. The molecule has 0 amide bonds. The first-order chi connectivity index (χ1) is 7.70. The molecular weight excluding hydrogens is 219 g/mol. The average molecular weight is 240 g/mol. The zero-order chi connectivity index (χ0) is 13.2. The molecular formula is C13H21FN2O. The first-order valence-corrected chi connectivity index (χ1v) is 5.69. The number of benzene rings is 1. The molecule has 1 aromatic carbocycles. The molecule has 1 aromatic rings. The number of nitrogens with two attached hydrogens (primary N) is 1. The summed E-state index contributed by atoms with van der Waals surface area (Å²) in [5, 5.41) is 9.70. The van der Waals surface area contributed by atoms with Gasteiger partial charge in [-0.1, -0.05) is 6.07 Å². The summed E-state index contributed by atoms with van der Waals surface area (Å²) in [5.41, 5.74) is 6.07. The molecule has 0 saturated heterocycles. The van der Waals surface area contributed by atoms with E-state index in [1.54, 1.807) is 31.9 Å². The largest absolute Gasteiger partial charge is 0.389 e. The van der Waals surface area contributed by atoms with Crippen molar-refractivity contribution in [2.45, 2.75) is 32.4 Å². The molecule has 1 unspecified atom stereocenters. The van der Waals surface area contributed by atoms with Crippen molar-refractivity contribution in [3.8, 4) is 0 Å². The Kier molecular flexibility index (Phi) is 4.11. The minimum absolute atomic E-state index is 0.182. The Morgan fingerprint density at radius 3 is 2.47 bits per heavy atom. The van der Waals surface area contributed by atoms with Crippen LogP contribution in [0, 0.1) is 5.82 Å². The van der Waals surface area contributed by atoms with Crippen LogP contribution in [0.5, 0.6) is 0 Å². The molecule has 0 fully saturated rings. The van der Waals surface area contributed by atoms with Crippen molar-refractivity contribution >= 4 is 5.69 Å². The van der Waals surface area contributed by atoms with Gasteiger partial charge in [-0.2, -0.15) is 0 Å². The third-order valence-electron chi connectivity index (χ3n) is 2.53. The Morgan fingerprint density at radius 2 is 2.06 bits per heavy atom. The molecule has 0 saturated carbocycles.